The lowest BCUT2D eigenvalue weighted by atomic mass is 10.1. The van der Waals surface area contributed by atoms with Gasteiger partial charge < -0.3 is 14.4 Å². The Labute approximate surface area is 204 Å². The number of aromatic hydroxyl groups is 1. The first kappa shape index (κ1) is 22.4. The number of fused-ring (bicyclic) bond motifs is 1. The molecule has 2 N–H and O–H groups in total. The summed E-state index contributed by atoms with van der Waals surface area (Å²) in [5.41, 5.74) is 2.88. The Bertz CT molecular complexity index is 1370. The summed E-state index contributed by atoms with van der Waals surface area (Å²) >= 11 is 2.66. The van der Waals surface area contributed by atoms with Gasteiger partial charge in [0.2, 0.25) is 5.91 Å². The van der Waals surface area contributed by atoms with Crippen molar-refractivity contribution in [1.29, 1.82) is 0 Å². The molecule has 0 saturated carbocycles. The summed E-state index contributed by atoms with van der Waals surface area (Å²) in [6, 6.07) is 20.8. The highest BCUT2D eigenvalue weighted by molar-refractivity contribution is 8.15. The summed E-state index contributed by atoms with van der Waals surface area (Å²) in [5.74, 6) is 1.53. The van der Waals surface area contributed by atoms with Crippen molar-refractivity contribution in [3.05, 3.63) is 78.1 Å². The molecule has 1 aliphatic heterocycles. The fourth-order valence-corrected chi connectivity index (χ4v) is 5.38. The van der Waals surface area contributed by atoms with E-state index in [2.05, 4.69) is 11.4 Å². The number of phenolic OH excluding ortho intramolecular Hbond substituents is 1. The van der Waals surface area contributed by atoms with Crippen molar-refractivity contribution in [3.8, 4) is 11.5 Å². The molecule has 1 aromatic heterocycles. The molecule has 0 bridgehead atoms. The summed E-state index contributed by atoms with van der Waals surface area (Å²) in [6.45, 7) is 0.320. The van der Waals surface area contributed by atoms with Gasteiger partial charge in [0, 0.05) is 16.8 Å². The molecular formula is C25H21N3O4S2. The Hall–Kier alpha value is -3.43. The van der Waals surface area contributed by atoms with Gasteiger partial charge >= 0.3 is 0 Å². The van der Waals surface area contributed by atoms with Crippen LogP contribution in [0.5, 0.6) is 11.5 Å². The third kappa shape index (κ3) is 4.90. The van der Waals surface area contributed by atoms with Gasteiger partial charge in [-0.25, -0.2) is 4.98 Å². The highest BCUT2D eigenvalue weighted by Gasteiger charge is 2.31. The van der Waals surface area contributed by atoms with Crippen LogP contribution in [0.15, 0.2) is 76.5 Å². The van der Waals surface area contributed by atoms with E-state index in [1.54, 1.807) is 23.9 Å². The molecule has 0 spiro atoms. The molecule has 1 unspecified atom stereocenters. The lowest BCUT2D eigenvalue weighted by molar-refractivity contribution is -0.118. The Morgan fingerprint density at radius 1 is 1.06 bits per heavy atom. The van der Waals surface area contributed by atoms with Crippen LogP contribution in [0.4, 0.5) is 4.79 Å². The Morgan fingerprint density at radius 3 is 2.50 bits per heavy atom. The highest BCUT2D eigenvalue weighted by atomic mass is 32.2. The second kappa shape index (κ2) is 9.44. The standard InChI is InChI=1S/C25H21N3O4S2/c1-28-21-13-19(33-18-8-4-16(29)5-9-18)10-11-20(21)26-23(28)14-32-17-6-2-15(3-7-17)12-22-24(30)27-25(31)34-22/h2-11,13,22,29H,12,14H2,1H3,(H,27,30,31). The molecular weight excluding hydrogens is 470 g/mol. The normalized spacial score (nSPS) is 15.6. The summed E-state index contributed by atoms with van der Waals surface area (Å²) in [4.78, 5) is 29.9. The molecule has 1 aliphatic rings. The number of phenols is 1. The predicted octanol–water partition coefficient (Wildman–Crippen LogP) is 4.90. The predicted molar refractivity (Wildman–Crippen MR) is 132 cm³/mol. The third-order valence-electron chi connectivity index (χ3n) is 5.50. The average molecular weight is 492 g/mol. The largest absolute Gasteiger partial charge is 0.508 e. The zero-order valence-electron chi connectivity index (χ0n) is 18.2. The fraction of sp³-hybridized carbons (Fsp3) is 0.160. The fourth-order valence-electron chi connectivity index (χ4n) is 3.67. The lowest BCUT2D eigenvalue weighted by Gasteiger charge is -2.09. The Balaban J connectivity index is 1.24. The van der Waals surface area contributed by atoms with E-state index in [-0.39, 0.29) is 22.1 Å². The van der Waals surface area contributed by atoms with E-state index in [1.165, 1.54) is 0 Å². The number of amides is 2. The van der Waals surface area contributed by atoms with E-state index in [0.717, 1.165) is 44.0 Å². The van der Waals surface area contributed by atoms with Crippen molar-refractivity contribution in [3.63, 3.8) is 0 Å². The van der Waals surface area contributed by atoms with E-state index in [1.807, 2.05) is 60.1 Å². The number of nitrogens with one attached hydrogen (secondary N) is 1. The molecule has 9 heteroatoms. The van der Waals surface area contributed by atoms with Gasteiger partial charge in [0.05, 0.1) is 16.3 Å². The minimum atomic E-state index is -0.378. The molecule has 1 atom stereocenters. The lowest BCUT2D eigenvalue weighted by Crippen LogP contribution is -2.25. The molecule has 3 aromatic carbocycles. The highest BCUT2D eigenvalue weighted by Crippen LogP contribution is 2.31. The summed E-state index contributed by atoms with van der Waals surface area (Å²) in [6.07, 6.45) is 0.498. The van der Waals surface area contributed by atoms with Gasteiger partial charge in [-0.2, -0.15) is 0 Å². The smallest absolute Gasteiger partial charge is 0.286 e. The number of thioether (sulfide) groups is 1. The second-order valence-corrected chi connectivity index (χ2v) is 10.2. The number of hydrogen-bond donors (Lipinski definition) is 2. The third-order valence-corrected chi connectivity index (χ3v) is 7.48. The molecule has 5 rings (SSSR count). The van der Waals surface area contributed by atoms with Gasteiger partial charge in [-0.3, -0.25) is 14.9 Å². The average Bonchev–Trinajstić information content (AvgIpc) is 3.32. The van der Waals surface area contributed by atoms with Crippen LogP contribution in [0.25, 0.3) is 11.0 Å². The second-order valence-electron chi connectivity index (χ2n) is 7.85. The maximum Gasteiger partial charge on any atom is 0.286 e. The zero-order chi connectivity index (χ0) is 23.7. The molecule has 0 aliphatic carbocycles. The SMILES string of the molecule is Cn1c(COc2ccc(CC3SC(=O)NC3=O)cc2)nc2ccc(Sc3ccc(O)cc3)cc21. The number of benzene rings is 3. The van der Waals surface area contributed by atoms with Crippen molar-refractivity contribution < 1.29 is 19.4 Å². The molecule has 1 fully saturated rings. The first-order valence-electron chi connectivity index (χ1n) is 10.6. The molecule has 4 aromatic rings. The number of nitrogens with zero attached hydrogens (tertiary/aromatic N) is 2. The van der Waals surface area contributed by atoms with Gasteiger partial charge in [0.25, 0.3) is 5.24 Å². The molecule has 172 valence electrons. The Kier molecular flexibility index (Phi) is 6.21. The minimum Gasteiger partial charge on any atom is -0.508 e. The van der Waals surface area contributed by atoms with E-state index in [4.69, 9.17) is 9.72 Å². The van der Waals surface area contributed by atoms with Crippen molar-refractivity contribution >= 4 is 45.7 Å². The van der Waals surface area contributed by atoms with Crippen LogP contribution in [0.3, 0.4) is 0 Å². The molecule has 2 amide bonds. The van der Waals surface area contributed by atoms with Gasteiger partial charge in [-0.1, -0.05) is 35.7 Å². The van der Waals surface area contributed by atoms with Crippen molar-refractivity contribution in [2.75, 3.05) is 0 Å². The van der Waals surface area contributed by atoms with Gasteiger partial charge in [-0.05, 0) is 66.6 Å². The molecule has 2 heterocycles. The number of aromatic nitrogens is 2. The van der Waals surface area contributed by atoms with Crippen LogP contribution >= 0.6 is 23.5 Å². The van der Waals surface area contributed by atoms with Crippen LogP contribution in [-0.2, 0) is 24.9 Å². The summed E-state index contributed by atoms with van der Waals surface area (Å²) in [5, 5.41) is 11.1. The monoisotopic (exact) mass is 491 g/mol. The van der Waals surface area contributed by atoms with Crippen LogP contribution in [-0.4, -0.2) is 31.1 Å². The molecule has 34 heavy (non-hydrogen) atoms. The number of imide groups is 1. The molecule has 0 radical (unpaired) electrons. The maximum absolute atomic E-state index is 11.7. The van der Waals surface area contributed by atoms with Crippen molar-refractivity contribution in [1.82, 2.24) is 14.9 Å². The first-order chi connectivity index (χ1) is 16.4. The van der Waals surface area contributed by atoms with Crippen molar-refractivity contribution in [2.45, 2.75) is 28.1 Å². The molecule has 7 nitrogen and oxygen atoms in total. The summed E-state index contributed by atoms with van der Waals surface area (Å²) < 4.78 is 7.98. The van der Waals surface area contributed by atoms with Gasteiger partial charge in [-0.15, -0.1) is 0 Å². The minimum absolute atomic E-state index is 0.234. The number of carbonyl (C=O) groups excluding carboxylic acids is 2. The quantitative estimate of drug-likeness (QED) is 0.380. The number of imidazole rings is 1. The van der Waals surface area contributed by atoms with E-state index < -0.39 is 0 Å². The van der Waals surface area contributed by atoms with E-state index in [0.29, 0.717) is 18.8 Å². The van der Waals surface area contributed by atoms with Gasteiger partial charge in [0.15, 0.2) is 0 Å². The number of aryl methyl sites for hydroxylation is 1. The van der Waals surface area contributed by atoms with Crippen LogP contribution < -0.4 is 10.1 Å². The topological polar surface area (TPSA) is 93.5 Å². The summed E-state index contributed by atoms with van der Waals surface area (Å²) in [7, 11) is 1.97. The maximum atomic E-state index is 11.7. The first-order valence-corrected chi connectivity index (χ1v) is 12.3. The van der Waals surface area contributed by atoms with E-state index in [9.17, 15) is 14.7 Å². The number of ether oxygens (including phenoxy) is 1. The van der Waals surface area contributed by atoms with E-state index >= 15 is 0 Å². The molecule has 1 saturated heterocycles. The van der Waals surface area contributed by atoms with Gasteiger partial charge in [0.1, 0.15) is 23.9 Å². The number of rotatable bonds is 7. The zero-order valence-corrected chi connectivity index (χ0v) is 19.9. The van der Waals surface area contributed by atoms with Crippen LogP contribution in [0, 0.1) is 0 Å². The number of hydrogen-bond acceptors (Lipinski definition) is 7. The van der Waals surface area contributed by atoms with Crippen LogP contribution in [0.2, 0.25) is 0 Å². The van der Waals surface area contributed by atoms with Crippen molar-refractivity contribution in [2.24, 2.45) is 7.05 Å². The Morgan fingerprint density at radius 2 is 1.79 bits per heavy atom. The van der Waals surface area contributed by atoms with Crippen LogP contribution in [0.1, 0.15) is 11.4 Å². The number of carbonyl (C=O) groups is 2.